The molecule has 11 heteroatoms. The minimum absolute atomic E-state index is 0.0762. The number of hydrogen-bond acceptors (Lipinski definition) is 5. The van der Waals surface area contributed by atoms with E-state index in [4.69, 9.17) is 28.5 Å². The molecule has 0 fully saturated rings. The molecule has 0 bridgehead atoms. The average molecular weight is 393 g/mol. The van der Waals surface area contributed by atoms with Crippen LogP contribution in [0.15, 0.2) is 18.5 Å². The second-order valence-electron chi connectivity index (χ2n) is 4.77. The molecule has 0 aliphatic rings. The van der Waals surface area contributed by atoms with Crippen molar-refractivity contribution in [3.8, 4) is 11.9 Å². The van der Waals surface area contributed by atoms with Crippen molar-refractivity contribution in [3.63, 3.8) is 0 Å². The molecule has 0 aliphatic carbocycles. The van der Waals surface area contributed by atoms with Crippen molar-refractivity contribution in [1.29, 1.82) is 5.26 Å². The van der Waals surface area contributed by atoms with Gasteiger partial charge in [0.2, 0.25) is 0 Å². The van der Waals surface area contributed by atoms with Gasteiger partial charge in [0, 0.05) is 12.6 Å². The molecule has 1 unspecified atom stereocenters. The first kappa shape index (κ1) is 19.0. The summed E-state index contributed by atoms with van der Waals surface area (Å²) in [6.07, 6.45) is -2.86. The Morgan fingerprint density at radius 3 is 2.72 bits per heavy atom. The molecule has 6 nitrogen and oxygen atoms in total. The summed E-state index contributed by atoms with van der Waals surface area (Å²) < 4.78 is 43.5. The molecule has 0 saturated carbocycles. The van der Waals surface area contributed by atoms with Gasteiger partial charge in [-0.3, -0.25) is 4.79 Å². The van der Waals surface area contributed by atoms with Gasteiger partial charge < -0.3 is 4.74 Å². The fourth-order valence-electron chi connectivity index (χ4n) is 1.90. The lowest BCUT2D eigenvalue weighted by Crippen LogP contribution is -2.19. The van der Waals surface area contributed by atoms with Crippen LogP contribution >= 0.6 is 23.2 Å². The minimum Gasteiger partial charge on any atom is -0.468 e. The van der Waals surface area contributed by atoms with Gasteiger partial charge in [-0.1, -0.05) is 11.6 Å². The van der Waals surface area contributed by atoms with Crippen molar-refractivity contribution < 1.29 is 22.7 Å². The van der Waals surface area contributed by atoms with Gasteiger partial charge in [-0.2, -0.15) is 23.5 Å². The van der Waals surface area contributed by atoms with Crippen LogP contribution in [-0.4, -0.2) is 33.2 Å². The van der Waals surface area contributed by atoms with Crippen molar-refractivity contribution in [3.05, 3.63) is 40.3 Å². The van der Waals surface area contributed by atoms with E-state index in [-0.39, 0.29) is 28.5 Å². The maximum absolute atomic E-state index is 12.7. The number of carbonyl (C=O) groups is 1. The number of hydrogen-bond donors (Lipinski definition) is 0. The van der Waals surface area contributed by atoms with E-state index in [1.165, 1.54) is 6.20 Å². The van der Waals surface area contributed by atoms with Gasteiger partial charge in [-0.05, 0) is 6.07 Å². The molecule has 0 saturated heterocycles. The summed E-state index contributed by atoms with van der Waals surface area (Å²) in [5.41, 5.74) is -0.779. The van der Waals surface area contributed by atoms with E-state index >= 15 is 0 Å². The van der Waals surface area contributed by atoms with Crippen LogP contribution < -0.4 is 0 Å². The summed E-state index contributed by atoms with van der Waals surface area (Å²) in [4.78, 5) is 15.0. The second kappa shape index (κ2) is 7.29. The lowest BCUT2D eigenvalue weighted by atomic mass is 10.1. The fourth-order valence-corrected chi connectivity index (χ4v) is 2.39. The van der Waals surface area contributed by atoms with E-state index in [2.05, 4.69) is 14.8 Å². The van der Waals surface area contributed by atoms with Gasteiger partial charge >= 0.3 is 12.1 Å². The summed E-state index contributed by atoms with van der Waals surface area (Å²) >= 11 is 11.7. The Bertz CT molecular complexity index is 846. The van der Waals surface area contributed by atoms with Crippen LogP contribution in [0.4, 0.5) is 13.2 Å². The Morgan fingerprint density at radius 2 is 2.20 bits per heavy atom. The average Bonchev–Trinajstić information content (AvgIpc) is 2.95. The van der Waals surface area contributed by atoms with Crippen LogP contribution in [-0.2, 0) is 22.1 Å². The van der Waals surface area contributed by atoms with Crippen LogP contribution in [0.3, 0.4) is 0 Å². The van der Waals surface area contributed by atoms with E-state index in [0.29, 0.717) is 12.3 Å². The smallest absolute Gasteiger partial charge is 0.417 e. The Labute approximate surface area is 149 Å². The van der Waals surface area contributed by atoms with Crippen LogP contribution in [0.2, 0.25) is 5.02 Å². The number of halogens is 5. The topological polar surface area (TPSA) is 80.8 Å². The van der Waals surface area contributed by atoms with Crippen molar-refractivity contribution in [2.75, 3.05) is 7.11 Å². The number of methoxy groups -OCH3 is 1. The number of esters is 1. The van der Waals surface area contributed by atoms with Crippen LogP contribution in [0.1, 0.15) is 16.8 Å². The van der Waals surface area contributed by atoms with Gasteiger partial charge in [-0.25, -0.2) is 9.67 Å². The van der Waals surface area contributed by atoms with E-state index in [0.717, 1.165) is 11.8 Å². The summed E-state index contributed by atoms with van der Waals surface area (Å²) in [6, 6.07) is 2.56. The highest BCUT2D eigenvalue weighted by Gasteiger charge is 2.32. The van der Waals surface area contributed by atoms with Gasteiger partial charge in [0.25, 0.3) is 0 Å². The number of rotatable bonds is 4. The van der Waals surface area contributed by atoms with Crippen molar-refractivity contribution in [2.24, 2.45) is 0 Å². The molecule has 2 aromatic rings. The second-order valence-corrected chi connectivity index (χ2v) is 5.70. The van der Waals surface area contributed by atoms with Crippen LogP contribution in [0, 0.1) is 11.3 Å². The Morgan fingerprint density at radius 1 is 1.52 bits per heavy atom. The summed E-state index contributed by atoms with van der Waals surface area (Å²) in [5.74, 6) is -0.799. The molecule has 2 aromatic heterocycles. The molecule has 0 aromatic carbocycles. The van der Waals surface area contributed by atoms with Crippen LogP contribution in [0.5, 0.6) is 0 Å². The third-order valence-corrected chi connectivity index (χ3v) is 3.72. The quantitative estimate of drug-likeness (QED) is 0.589. The molecular weight excluding hydrogens is 384 g/mol. The standard InChI is InChI=1S/C14H9Cl2F3N4O2/c1-25-13(24)10(16)3-11-7(4-20)6-23(22-11)12-9(15)2-8(5-21-12)14(17,18)19/h2,5-6,10H,3H2,1H3. The van der Waals surface area contributed by atoms with Crippen molar-refractivity contribution in [1.82, 2.24) is 14.8 Å². The zero-order valence-corrected chi connectivity index (χ0v) is 14.0. The Balaban J connectivity index is 2.38. The van der Waals surface area contributed by atoms with E-state index in [9.17, 15) is 18.0 Å². The maximum Gasteiger partial charge on any atom is 0.417 e. The van der Waals surface area contributed by atoms with Gasteiger partial charge in [-0.15, -0.1) is 11.6 Å². The summed E-state index contributed by atoms with van der Waals surface area (Å²) in [5, 5.41) is 11.8. The number of ether oxygens (including phenoxy) is 1. The monoisotopic (exact) mass is 392 g/mol. The zero-order valence-electron chi connectivity index (χ0n) is 12.5. The molecule has 132 valence electrons. The molecule has 2 heterocycles. The number of pyridine rings is 1. The largest absolute Gasteiger partial charge is 0.468 e. The zero-order chi connectivity index (χ0) is 18.8. The number of carbonyl (C=O) groups excluding carboxylic acids is 1. The van der Waals surface area contributed by atoms with Crippen molar-refractivity contribution >= 4 is 29.2 Å². The SMILES string of the molecule is COC(=O)C(Cl)Cc1nn(-c2ncc(C(F)(F)F)cc2Cl)cc1C#N. The molecule has 0 N–H and O–H groups in total. The third kappa shape index (κ3) is 4.21. The van der Waals surface area contributed by atoms with E-state index < -0.39 is 23.1 Å². The Kier molecular flexibility index (Phi) is 5.55. The first-order valence-corrected chi connectivity index (χ1v) is 7.42. The number of nitrogens with zero attached hydrogens (tertiary/aromatic N) is 4. The highest BCUT2D eigenvalue weighted by molar-refractivity contribution is 6.32. The third-order valence-electron chi connectivity index (χ3n) is 3.11. The first-order valence-electron chi connectivity index (χ1n) is 6.61. The normalized spacial score (nSPS) is 12.5. The molecule has 25 heavy (non-hydrogen) atoms. The lowest BCUT2D eigenvalue weighted by Gasteiger charge is -2.09. The predicted octanol–water partition coefficient (Wildman–Crippen LogP) is 3.13. The Hall–Kier alpha value is -2.31. The number of nitriles is 1. The predicted molar refractivity (Wildman–Crippen MR) is 81.4 cm³/mol. The van der Waals surface area contributed by atoms with Gasteiger partial charge in [0.1, 0.15) is 11.4 Å². The van der Waals surface area contributed by atoms with E-state index in [1.54, 1.807) is 0 Å². The molecular formula is C14H9Cl2F3N4O2. The highest BCUT2D eigenvalue weighted by atomic mass is 35.5. The lowest BCUT2D eigenvalue weighted by molar-refractivity contribution is -0.140. The van der Waals surface area contributed by atoms with E-state index in [1.807, 2.05) is 6.07 Å². The molecule has 0 radical (unpaired) electrons. The minimum atomic E-state index is -4.59. The van der Waals surface area contributed by atoms with Crippen molar-refractivity contribution in [2.45, 2.75) is 18.0 Å². The maximum atomic E-state index is 12.7. The number of aromatic nitrogens is 3. The van der Waals surface area contributed by atoms with Gasteiger partial charge in [0.15, 0.2) is 5.82 Å². The first-order chi connectivity index (χ1) is 11.7. The molecule has 0 spiro atoms. The summed E-state index contributed by atoms with van der Waals surface area (Å²) in [6.45, 7) is 0. The van der Waals surface area contributed by atoms with Crippen LogP contribution in [0.25, 0.3) is 5.82 Å². The molecule has 2 rings (SSSR count). The number of alkyl halides is 4. The molecule has 1 atom stereocenters. The summed E-state index contributed by atoms with van der Waals surface area (Å²) in [7, 11) is 1.16. The van der Waals surface area contributed by atoms with Gasteiger partial charge in [0.05, 0.1) is 35.2 Å². The highest BCUT2D eigenvalue weighted by Crippen LogP contribution is 2.32. The molecule has 0 amide bonds. The fraction of sp³-hybridized carbons (Fsp3) is 0.286. The molecule has 0 aliphatic heterocycles.